The van der Waals surface area contributed by atoms with Crippen LogP contribution < -0.4 is 10.6 Å². The van der Waals surface area contributed by atoms with Crippen molar-refractivity contribution in [3.05, 3.63) is 33.9 Å². The maximum absolute atomic E-state index is 12.2. The van der Waals surface area contributed by atoms with Crippen LogP contribution in [-0.4, -0.2) is 37.6 Å². The first kappa shape index (κ1) is 16.9. The Morgan fingerprint density at radius 1 is 1.43 bits per heavy atom. The number of nitrogens with zero attached hydrogens (tertiary/aromatic N) is 1. The first-order valence-electron chi connectivity index (χ1n) is 6.66. The zero-order valence-corrected chi connectivity index (χ0v) is 12.7. The summed E-state index contributed by atoms with van der Waals surface area (Å²) in [6, 6.07) is 4.20. The molecule has 2 N–H and O–H groups in total. The maximum Gasteiger partial charge on any atom is 0.293 e. The van der Waals surface area contributed by atoms with Crippen LogP contribution >= 0.6 is 0 Å². The van der Waals surface area contributed by atoms with Crippen LogP contribution in [0.2, 0.25) is 0 Å². The minimum atomic E-state index is -0.516. The zero-order valence-electron chi connectivity index (χ0n) is 12.7. The molecule has 1 amide bonds. The molecular weight excluding hydrogens is 274 g/mol. The van der Waals surface area contributed by atoms with Crippen molar-refractivity contribution in [2.24, 2.45) is 5.92 Å². The molecule has 0 spiro atoms. The molecule has 0 aromatic heterocycles. The molecule has 0 aliphatic heterocycles. The third-order valence-corrected chi connectivity index (χ3v) is 3.19. The van der Waals surface area contributed by atoms with E-state index in [1.807, 2.05) is 13.8 Å². The quantitative estimate of drug-likeness (QED) is 0.593. The largest absolute Gasteiger partial charge is 0.383 e. The predicted molar refractivity (Wildman–Crippen MR) is 80.6 cm³/mol. The standard InChI is InChI=1S/C14H21N3O4/c1-9(2)12(8-21-4)16-14(18)10-5-6-11(15-3)13(7-10)17(19)20/h5-7,9,12,15H,8H2,1-4H3,(H,16,18). The third kappa shape index (κ3) is 4.42. The highest BCUT2D eigenvalue weighted by Gasteiger charge is 2.20. The lowest BCUT2D eigenvalue weighted by Gasteiger charge is -2.21. The highest BCUT2D eigenvalue weighted by Crippen LogP contribution is 2.25. The first-order chi connectivity index (χ1) is 9.90. The molecule has 0 fully saturated rings. The lowest BCUT2D eigenvalue weighted by Crippen LogP contribution is -2.41. The summed E-state index contributed by atoms with van der Waals surface area (Å²) in [5, 5.41) is 16.6. The van der Waals surface area contributed by atoms with Gasteiger partial charge < -0.3 is 15.4 Å². The number of carbonyl (C=O) groups excluding carboxylic acids is 1. The summed E-state index contributed by atoms with van der Waals surface area (Å²) in [7, 11) is 3.16. The van der Waals surface area contributed by atoms with E-state index in [4.69, 9.17) is 4.74 Å². The molecule has 0 radical (unpaired) electrons. The van der Waals surface area contributed by atoms with Crippen LogP contribution in [0.25, 0.3) is 0 Å². The molecular formula is C14H21N3O4. The van der Waals surface area contributed by atoms with E-state index in [1.54, 1.807) is 20.2 Å². The monoisotopic (exact) mass is 295 g/mol. The second-order valence-corrected chi connectivity index (χ2v) is 5.02. The Morgan fingerprint density at radius 2 is 2.10 bits per heavy atom. The number of hydrogen-bond acceptors (Lipinski definition) is 5. The normalized spacial score (nSPS) is 12.0. The van der Waals surface area contributed by atoms with Gasteiger partial charge in [0.1, 0.15) is 5.69 Å². The summed E-state index contributed by atoms with van der Waals surface area (Å²) in [6.07, 6.45) is 0. The van der Waals surface area contributed by atoms with Crippen LogP contribution in [0.1, 0.15) is 24.2 Å². The van der Waals surface area contributed by atoms with Gasteiger partial charge >= 0.3 is 0 Å². The van der Waals surface area contributed by atoms with Crippen LogP contribution in [0.15, 0.2) is 18.2 Å². The van der Waals surface area contributed by atoms with Crippen LogP contribution in [0.4, 0.5) is 11.4 Å². The van der Waals surface area contributed by atoms with Gasteiger partial charge in [-0.25, -0.2) is 0 Å². The van der Waals surface area contributed by atoms with Gasteiger partial charge in [0.05, 0.1) is 17.6 Å². The van der Waals surface area contributed by atoms with E-state index in [2.05, 4.69) is 10.6 Å². The highest BCUT2D eigenvalue weighted by atomic mass is 16.6. The van der Waals surface area contributed by atoms with Gasteiger partial charge in [-0.05, 0) is 18.1 Å². The molecule has 0 aliphatic carbocycles. The fraction of sp³-hybridized carbons (Fsp3) is 0.500. The molecule has 0 aliphatic rings. The molecule has 1 unspecified atom stereocenters. The molecule has 0 heterocycles. The minimum Gasteiger partial charge on any atom is -0.383 e. The van der Waals surface area contributed by atoms with Crippen molar-refractivity contribution in [2.45, 2.75) is 19.9 Å². The van der Waals surface area contributed by atoms with Gasteiger partial charge in [-0.1, -0.05) is 13.8 Å². The van der Waals surface area contributed by atoms with Gasteiger partial charge in [0, 0.05) is 25.8 Å². The first-order valence-corrected chi connectivity index (χ1v) is 6.66. The Bertz CT molecular complexity index is 517. The molecule has 1 atom stereocenters. The number of rotatable bonds is 7. The summed E-state index contributed by atoms with van der Waals surface area (Å²) < 4.78 is 5.07. The number of methoxy groups -OCH3 is 1. The van der Waals surface area contributed by atoms with Crippen molar-refractivity contribution in [3.8, 4) is 0 Å². The number of carbonyl (C=O) groups is 1. The minimum absolute atomic E-state index is 0.127. The molecule has 1 rings (SSSR count). The summed E-state index contributed by atoms with van der Waals surface area (Å²) in [5.41, 5.74) is 0.495. The zero-order chi connectivity index (χ0) is 16.0. The van der Waals surface area contributed by atoms with Gasteiger partial charge in [0.2, 0.25) is 0 Å². The fourth-order valence-electron chi connectivity index (χ4n) is 1.87. The van der Waals surface area contributed by atoms with Crippen molar-refractivity contribution < 1.29 is 14.5 Å². The number of nitro groups is 1. The molecule has 116 valence electrons. The molecule has 0 bridgehead atoms. The number of nitrogens with one attached hydrogen (secondary N) is 2. The number of nitro benzene ring substituents is 1. The second-order valence-electron chi connectivity index (χ2n) is 5.02. The SMILES string of the molecule is CNc1ccc(C(=O)NC(COC)C(C)C)cc1[N+](=O)[O-]. The second kappa shape index (κ2) is 7.58. The van der Waals surface area contributed by atoms with Crippen LogP contribution in [0.3, 0.4) is 0 Å². The van der Waals surface area contributed by atoms with E-state index >= 15 is 0 Å². The lowest BCUT2D eigenvalue weighted by molar-refractivity contribution is -0.384. The highest BCUT2D eigenvalue weighted by molar-refractivity contribution is 5.95. The Balaban J connectivity index is 2.97. The number of anilines is 1. The van der Waals surface area contributed by atoms with E-state index in [0.717, 1.165) is 0 Å². The topological polar surface area (TPSA) is 93.5 Å². The number of hydrogen-bond donors (Lipinski definition) is 2. The van der Waals surface area contributed by atoms with Crippen molar-refractivity contribution in [1.82, 2.24) is 5.32 Å². The van der Waals surface area contributed by atoms with E-state index in [0.29, 0.717) is 12.3 Å². The van der Waals surface area contributed by atoms with E-state index in [9.17, 15) is 14.9 Å². The van der Waals surface area contributed by atoms with E-state index in [-0.39, 0.29) is 29.1 Å². The Labute approximate surface area is 123 Å². The number of amides is 1. The van der Waals surface area contributed by atoms with Crippen LogP contribution in [0.5, 0.6) is 0 Å². The smallest absolute Gasteiger partial charge is 0.293 e. The van der Waals surface area contributed by atoms with Gasteiger partial charge in [0.15, 0.2) is 0 Å². The maximum atomic E-state index is 12.2. The van der Waals surface area contributed by atoms with Gasteiger partial charge in [0.25, 0.3) is 11.6 Å². The molecule has 0 saturated heterocycles. The number of benzene rings is 1. The summed E-state index contributed by atoms with van der Waals surface area (Å²) in [6.45, 7) is 4.33. The molecule has 1 aromatic carbocycles. The number of ether oxygens (including phenoxy) is 1. The molecule has 0 saturated carbocycles. The van der Waals surface area contributed by atoms with E-state index < -0.39 is 4.92 Å². The molecule has 21 heavy (non-hydrogen) atoms. The average molecular weight is 295 g/mol. The van der Waals surface area contributed by atoms with Crippen molar-refractivity contribution >= 4 is 17.3 Å². The van der Waals surface area contributed by atoms with Crippen molar-refractivity contribution in [3.63, 3.8) is 0 Å². The predicted octanol–water partition coefficient (Wildman–Crippen LogP) is 2.04. The molecule has 7 heteroatoms. The van der Waals surface area contributed by atoms with E-state index in [1.165, 1.54) is 12.1 Å². The fourth-order valence-corrected chi connectivity index (χ4v) is 1.87. The Morgan fingerprint density at radius 3 is 2.57 bits per heavy atom. The third-order valence-electron chi connectivity index (χ3n) is 3.19. The van der Waals surface area contributed by atoms with Gasteiger partial charge in [-0.15, -0.1) is 0 Å². The van der Waals surface area contributed by atoms with Crippen molar-refractivity contribution in [1.29, 1.82) is 0 Å². The summed E-state index contributed by atoms with van der Waals surface area (Å²) in [4.78, 5) is 22.7. The van der Waals surface area contributed by atoms with Gasteiger partial charge in [-0.3, -0.25) is 14.9 Å². The summed E-state index contributed by atoms with van der Waals surface area (Å²) >= 11 is 0. The summed E-state index contributed by atoms with van der Waals surface area (Å²) in [5.74, 6) is -0.156. The van der Waals surface area contributed by atoms with Crippen LogP contribution in [-0.2, 0) is 4.74 Å². The van der Waals surface area contributed by atoms with Gasteiger partial charge in [-0.2, -0.15) is 0 Å². The lowest BCUT2D eigenvalue weighted by atomic mass is 10.0. The Hall–Kier alpha value is -2.15. The molecule has 7 nitrogen and oxygen atoms in total. The average Bonchev–Trinajstić information content (AvgIpc) is 2.45. The molecule has 1 aromatic rings. The van der Waals surface area contributed by atoms with Crippen molar-refractivity contribution in [2.75, 3.05) is 26.1 Å². The van der Waals surface area contributed by atoms with Crippen LogP contribution in [0, 0.1) is 16.0 Å². The Kier molecular flexibility index (Phi) is 6.10.